The number of rotatable bonds is 4. The van der Waals surface area contributed by atoms with Gasteiger partial charge in [-0.3, -0.25) is 4.57 Å². The summed E-state index contributed by atoms with van der Waals surface area (Å²) < 4.78 is 2.19. The fraction of sp³-hybridized carbons (Fsp3) is 0.143. The fourth-order valence-electron chi connectivity index (χ4n) is 3.44. The molecule has 2 N–H and O–H groups in total. The molecule has 0 aliphatic heterocycles. The van der Waals surface area contributed by atoms with Crippen molar-refractivity contribution in [3.05, 3.63) is 72.6 Å². The van der Waals surface area contributed by atoms with Gasteiger partial charge in [-0.05, 0) is 38.1 Å². The molecule has 3 aromatic heterocycles. The van der Waals surface area contributed by atoms with Gasteiger partial charge in [0.05, 0.1) is 23.4 Å². The number of hydrogen-bond acceptors (Lipinski definition) is 5. The van der Waals surface area contributed by atoms with Gasteiger partial charge in [0.2, 0.25) is 0 Å². The molecule has 0 spiro atoms. The van der Waals surface area contributed by atoms with Gasteiger partial charge in [0.1, 0.15) is 17.7 Å². The highest BCUT2D eigenvalue weighted by Crippen LogP contribution is 2.28. The van der Waals surface area contributed by atoms with E-state index in [-0.39, 0.29) is 6.04 Å². The average molecular weight is 369 g/mol. The first kappa shape index (κ1) is 16.4. The number of imidazole rings is 2. The Labute approximate surface area is 161 Å². The summed E-state index contributed by atoms with van der Waals surface area (Å²) in [4.78, 5) is 20.8. The van der Waals surface area contributed by atoms with E-state index in [1.54, 1.807) is 6.33 Å². The lowest BCUT2D eigenvalue weighted by Crippen LogP contribution is -2.14. The largest absolute Gasteiger partial charge is 0.358 e. The van der Waals surface area contributed by atoms with Crippen LogP contribution in [-0.4, -0.2) is 29.5 Å². The van der Waals surface area contributed by atoms with Crippen molar-refractivity contribution >= 4 is 28.0 Å². The fourth-order valence-corrected chi connectivity index (χ4v) is 3.44. The van der Waals surface area contributed by atoms with Crippen molar-refractivity contribution < 1.29 is 0 Å². The third kappa shape index (κ3) is 2.68. The Morgan fingerprint density at radius 2 is 1.82 bits per heavy atom. The first-order valence-electron chi connectivity index (χ1n) is 9.16. The summed E-state index contributed by atoms with van der Waals surface area (Å²) in [5.41, 5.74) is 5.75. The Balaban J connectivity index is 1.62. The molecule has 0 amide bonds. The zero-order chi connectivity index (χ0) is 19.1. The van der Waals surface area contributed by atoms with Gasteiger partial charge in [-0.1, -0.05) is 29.8 Å². The zero-order valence-electron chi connectivity index (χ0n) is 15.6. The summed E-state index contributed by atoms with van der Waals surface area (Å²) in [5.74, 6) is 1.59. The molecule has 1 atom stereocenters. The van der Waals surface area contributed by atoms with Gasteiger partial charge in [0.15, 0.2) is 11.5 Å². The molecule has 0 radical (unpaired) electrons. The van der Waals surface area contributed by atoms with Crippen molar-refractivity contribution in [1.82, 2.24) is 29.5 Å². The topological polar surface area (TPSA) is 84.3 Å². The highest BCUT2D eigenvalue weighted by Gasteiger charge is 2.19. The predicted octanol–water partition coefficient (Wildman–Crippen LogP) is 4.17. The van der Waals surface area contributed by atoms with Gasteiger partial charge < -0.3 is 10.3 Å². The minimum absolute atomic E-state index is 0.0940. The highest BCUT2D eigenvalue weighted by atomic mass is 15.2. The third-order valence-corrected chi connectivity index (χ3v) is 4.84. The van der Waals surface area contributed by atoms with Crippen LogP contribution in [0.3, 0.4) is 0 Å². The molecule has 0 fully saturated rings. The van der Waals surface area contributed by atoms with Crippen LogP contribution in [0.25, 0.3) is 27.9 Å². The number of nitrogens with zero attached hydrogens (tertiary/aromatic N) is 5. The molecule has 0 saturated heterocycles. The van der Waals surface area contributed by atoms with E-state index in [0.717, 1.165) is 22.5 Å². The molecule has 0 saturated carbocycles. The summed E-state index contributed by atoms with van der Waals surface area (Å²) in [5, 5.41) is 3.45. The minimum Gasteiger partial charge on any atom is -0.358 e. The molecule has 2 aromatic carbocycles. The van der Waals surface area contributed by atoms with E-state index in [9.17, 15) is 0 Å². The first-order chi connectivity index (χ1) is 13.7. The van der Waals surface area contributed by atoms with Crippen LogP contribution in [0.5, 0.6) is 0 Å². The van der Waals surface area contributed by atoms with Crippen LogP contribution in [0.1, 0.15) is 24.4 Å². The lowest BCUT2D eigenvalue weighted by atomic mass is 10.2. The van der Waals surface area contributed by atoms with Crippen molar-refractivity contribution in [2.24, 2.45) is 0 Å². The van der Waals surface area contributed by atoms with Crippen LogP contribution < -0.4 is 5.32 Å². The molecule has 138 valence electrons. The summed E-state index contributed by atoms with van der Waals surface area (Å²) in [6.45, 7) is 4.16. The standard InChI is InChI=1S/C21H19N7/c1-13-7-9-15(10-8-13)28-17-6-4-3-5-16(17)27-21(28)14(2)26-20-18-19(23-11-22-18)24-12-25-20/h3-12,14H,1-2H3,(H2,22,23,24,25,26). The summed E-state index contributed by atoms with van der Waals surface area (Å²) in [7, 11) is 0. The van der Waals surface area contributed by atoms with E-state index in [4.69, 9.17) is 4.98 Å². The van der Waals surface area contributed by atoms with Gasteiger partial charge in [-0.2, -0.15) is 0 Å². The van der Waals surface area contributed by atoms with Gasteiger partial charge in [-0.25, -0.2) is 19.9 Å². The maximum atomic E-state index is 4.90. The first-order valence-corrected chi connectivity index (χ1v) is 9.16. The van der Waals surface area contributed by atoms with Crippen LogP contribution in [-0.2, 0) is 0 Å². The number of hydrogen-bond donors (Lipinski definition) is 2. The van der Waals surface area contributed by atoms with E-state index in [2.05, 4.69) is 74.0 Å². The normalized spacial score (nSPS) is 12.5. The molecule has 28 heavy (non-hydrogen) atoms. The number of aromatic nitrogens is 6. The number of para-hydroxylation sites is 2. The minimum atomic E-state index is -0.0940. The molecule has 1 unspecified atom stereocenters. The molecular weight excluding hydrogens is 350 g/mol. The molecule has 0 aliphatic carbocycles. The second-order valence-corrected chi connectivity index (χ2v) is 6.82. The van der Waals surface area contributed by atoms with Crippen molar-refractivity contribution in [3.8, 4) is 5.69 Å². The predicted molar refractivity (Wildman–Crippen MR) is 110 cm³/mol. The molecule has 7 nitrogen and oxygen atoms in total. The van der Waals surface area contributed by atoms with Crippen molar-refractivity contribution in [2.75, 3.05) is 5.32 Å². The Hall–Kier alpha value is -3.74. The lowest BCUT2D eigenvalue weighted by molar-refractivity contribution is 0.769. The number of nitrogens with one attached hydrogen (secondary N) is 2. The molecule has 0 aliphatic rings. The maximum absolute atomic E-state index is 4.90. The maximum Gasteiger partial charge on any atom is 0.162 e. The van der Waals surface area contributed by atoms with E-state index >= 15 is 0 Å². The Kier molecular flexibility index (Phi) is 3.79. The van der Waals surface area contributed by atoms with Crippen molar-refractivity contribution in [3.63, 3.8) is 0 Å². The lowest BCUT2D eigenvalue weighted by Gasteiger charge is -2.17. The molecule has 0 bridgehead atoms. The molecule has 5 aromatic rings. The molecule has 5 rings (SSSR count). The van der Waals surface area contributed by atoms with E-state index in [1.165, 1.54) is 11.9 Å². The van der Waals surface area contributed by atoms with Crippen LogP contribution in [0.4, 0.5) is 5.82 Å². The molecule has 3 heterocycles. The number of H-pyrrole nitrogens is 1. The second-order valence-electron chi connectivity index (χ2n) is 6.82. The Morgan fingerprint density at radius 1 is 1.00 bits per heavy atom. The number of anilines is 1. The van der Waals surface area contributed by atoms with Crippen LogP contribution in [0, 0.1) is 6.92 Å². The SMILES string of the molecule is Cc1ccc(-n2c(C(C)Nc3ncnc4[nH]cnc34)nc3ccccc32)cc1. The van der Waals surface area contributed by atoms with E-state index < -0.39 is 0 Å². The Bertz CT molecular complexity index is 1270. The monoisotopic (exact) mass is 369 g/mol. The Morgan fingerprint density at radius 3 is 2.68 bits per heavy atom. The quantitative estimate of drug-likeness (QED) is 0.497. The summed E-state index contributed by atoms with van der Waals surface area (Å²) >= 11 is 0. The van der Waals surface area contributed by atoms with E-state index in [0.29, 0.717) is 17.0 Å². The second kappa shape index (κ2) is 6.45. The van der Waals surface area contributed by atoms with Crippen LogP contribution in [0.15, 0.2) is 61.2 Å². The molecule has 7 heteroatoms. The van der Waals surface area contributed by atoms with Gasteiger partial charge in [-0.15, -0.1) is 0 Å². The van der Waals surface area contributed by atoms with Crippen LogP contribution >= 0.6 is 0 Å². The van der Waals surface area contributed by atoms with Crippen LogP contribution in [0.2, 0.25) is 0 Å². The van der Waals surface area contributed by atoms with E-state index in [1.807, 2.05) is 18.2 Å². The third-order valence-electron chi connectivity index (χ3n) is 4.84. The summed E-state index contributed by atoms with van der Waals surface area (Å²) in [6.07, 6.45) is 3.15. The highest BCUT2D eigenvalue weighted by molar-refractivity contribution is 5.82. The average Bonchev–Trinajstić information content (AvgIpc) is 3.34. The van der Waals surface area contributed by atoms with Gasteiger partial charge in [0, 0.05) is 5.69 Å². The smallest absolute Gasteiger partial charge is 0.162 e. The molecular formula is C21H19N7. The van der Waals surface area contributed by atoms with Gasteiger partial charge >= 0.3 is 0 Å². The number of aromatic amines is 1. The number of fused-ring (bicyclic) bond motifs is 2. The number of benzene rings is 2. The van der Waals surface area contributed by atoms with Crippen molar-refractivity contribution in [2.45, 2.75) is 19.9 Å². The van der Waals surface area contributed by atoms with Crippen molar-refractivity contribution in [1.29, 1.82) is 0 Å². The number of aryl methyl sites for hydroxylation is 1. The summed E-state index contributed by atoms with van der Waals surface area (Å²) in [6, 6.07) is 16.5. The van der Waals surface area contributed by atoms with Gasteiger partial charge in [0.25, 0.3) is 0 Å². The zero-order valence-corrected chi connectivity index (χ0v) is 15.6.